The Morgan fingerprint density at radius 3 is 2.69 bits per heavy atom. The third-order valence-corrected chi connectivity index (χ3v) is 4.24. The number of benzene rings is 2. The molecule has 26 heavy (non-hydrogen) atoms. The van der Waals surface area contributed by atoms with Crippen molar-refractivity contribution in [2.24, 2.45) is 5.73 Å². The average Bonchev–Trinajstić information content (AvgIpc) is 2.63. The van der Waals surface area contributed by atoms with Gasteiger partial charge in [-0.25, -0.2) is 0 Å². The normalized spacial score (nSPS) is 17.0. The van der Waals surface area contributed by atoms with Crippen molar-refractivity contribution in [1.29, 1.82) is 0 Å². The summed E-state index contributed by atoms with van der Waals surface area (Å²) in [5, 5.41) is 0.624. The zero-order chi connectivity index (χ0) is 18.5. The lowest BCUT2D eigenvalue weighted by Crippen LogP contribution is -2.46. The SMILES string of the molecule is NC(=O)CC1CN(C(=O)c2cccc(Oc3ccc(Cl)cc3)c2)CCO1. The highest BCUT2D eigenvalue weighted by Gasteiger charge is 2.26. The van der Waals surface area contributed by atoms with Crippen molar-refractivity contribution < 1.29 is 19.1 Å². The summed E-state index contributed by atoms with van der Waals surface area (Å²) in [6, 6.07) is 13.9. The number of hydrogen-bond acceptors (Lipinski definition) is 4. The van der Waals surface area contributed by atoms with Crippen LogP contribution in [-0.2, 0) is 9.53 Å². The summed E-state index contributed by atoms with van der Waals surface area (Å²) in [7, 11) is 0. The highest BCUT2D eigenvalue weighted by atomic mass is 35.5. The first-order valence-electron chi connectivity index (χ1n) is 8.24. The number of amides is 2. The second kappa shape index (κ2) is 8.21. The molecule has 1 fully saturated rings. The van der Waals surface area contributed by atoms with Gasteiger partial charge >= 0.3 is 0 Å². The topological polar surface area (TPSA) is 81.9 Å². The number of rotatable bonds is 5. The molecule has 2 N–H and O–H groups in total. The van der Waals surface area contributed by atoms with Gasteiger partial charge in [-0.1, -0.05) is 17.7 Å². The van der Waals surface area contributed by atoms with Crippen LogP contribution in [0.1, 0.15) is 16.8 Å². The number of ether oxygens (including phenoxy) is 2. The quantitative estimate of drug-likeness (QED) is 0.872. The standard InChI is InChI=1S/C19H19ClN2O4/c20-14-4-6-15(7-5-14)26-16-3-1-2-13(10-16)19(24)22-8-9-25-17(12-22)11-18(21)23/h1-7,10,17H,8-9,11-12H2,(H2,21,23). The van der Waals surface area contributed by atoms with Gasteiger partial charge in [0.25, 0.3) is 5.91 Å². The van der Waals surface area contributed by atoms with Crippen LogP contribution in [0.25, 0.3) is 0 Å². The van der Waals surface area contributed by atoms with Crippen molar-refractivity contribution in [2.45, 2.75) is 12.5 Å². The molecule has 1 aliphatic rings. The Balaban J connectivity index is 1.69. The fraction of sp³-hybridized carbons (Fsp3) is 0.263. The fourth-order valence-electron chi connectivity index (χ4n) is 2.77. The van der Waals surface area contributed by atoms with Crippen LogP contribution < -0.4 is 10.5 Å². The summed E-state index contributed by atoms with van der Waals surface area (Å²) < 4.78 is 11.3. The molecule has 7 heteroatoms. The molecule has 0 bridgehead atoms. The summed E-state index contributed by atoms with van der Waals surface area (Å²) in [6.45, 7) is 1.19. The summed E-state index contributed by atoms with van der Waals surface area (Å²) in [5.74, 6) is 0.610. The summed E-state index contributed by atoms with van der Waals surface area (Å²) >= 11 is 5.87. The van der Waals surface area contributed by atoms with Crippen molar-refractivity contribution in [3.8, 4) is 11.5 Å². The van der Waals surface area contributed by atoms with Gasteiger partial charge in [0.1, 0.15) is 11.5 Å². The second-order valence-electron chi connectivity index (χ2n) is 6.00. The lowest BCUT2D eigenvalue weighted by atomic mass is 10.1. The van der Waals surface area contributed by atoms with E-state index in [0.717, 1.165) is 0 Å². The Labute approximate surface area is 156 Å². The minimum absolute atomic E-state index is 0.101. The Bertz CT molecular complexity index is 794. The number of halogens is 1. The van der Waals surface area contributed by atoms with Crippen LogP contribution in [-0.4, -0.2) is 42.5 Å². The molecule has 2 aromatic carbocycles. The number of nitrogens with two attached hydrogens (primary N) is 1. The second-order valence-corrected chi connectivity index (χ2v) is 6.43. The summed E-state index contributed by atoms with van der Waals surface area (Å²) in [6.07, 6.45) is -0.262. The number of primary amides is 1. The third kappa shape index (κ3) is 4.74. The van der Waals surface area contributed by atoms with Gasteiger partial charge in [-0.05, 0) is 42.5 Å². The fourth-order valence-corrected chi connectivity index (χ4v) is 2.89. The molecular formula is C19H19ClN2O4. The van der Waals surface area contributed by atoms with E-state index in [0.29, 0.717) is 41.8 Å². The van der Waals surface area contributed by atoms with E-state index < -0.39 is 5.91 Å². The summed E-state index contributed by atoms with van der Waals surface area (Å²) in [5.41, 5.74) is 5.72. The van der Waals surface area contributed by atoms with E-state index in [1.54, 1.807) is 53.4 Å². The molecule has 0 aromatic heterocycles. The number of hydrogen-bond donors (Lipinski definition) is 1. The molecule has 0 aliphatic carbocycles. The van der Waals surface area contributed by atoms with Crippen LogP contribution in [0.5, 0.6) is 11.5 Å². The minimum atomic E-state index is -0.442. The Morgan fingerprint density at radius 1 is 1.19 bits per heavy atom. The molecule has 1 atom stereocenters. The van der Waals surface area contributed by atoms with Crippen molar-refractivity contribution in [3.05, 3.63) is 59.1 Å². The van der Waals surface area contributed by atoms with E-state index in [1.807, 2.05) is 0 Å². The Kier molecular flexibility index (Phi) is 5.75. The molecule has 2 aromatic rings. The predicted octanol–water partition coefficient (Wildman–Crippen LogP) is 2.85. The Hall–Kier alpha value is -2.57. The van der Waals surface area contributed by atoms with Crippen molar-refractivity contribution >= 4 is 23.4 Å². The molecule has 0 radical (unpaired) electrons. The van der Waals surface area contributed by atoms with E-state index in [4.69, 9.17) is 26.8 Å². The molecule has 1 saturated heterocycles. The molecule has 0 saturated carbocycles. The summed E-state index contributed by atoms with van der Waals surface area (Å²) in [4.78, 5) is 25.5. The van der Waals surface area contributed by atoms with Crippen molar-refractivity contribution in [2.75, 3.05) is 19.7 Å². The number of nitrogens with zero attached hydrogens (tertiary/aromatic N) is 1. The van der Waals surface area contributed by atoms with Crippen LogP contribution in [0.2, 0.25) is 5.02 Å². The molecule has 136 valence electrons. The van der Waals surface area contributed by atoms with Crippen molar-refractivity contribution in [1.82, 2.24) is 4.90 Å². The highest BCUT2D eigenvalue weighted by molar-refractivity contribution is 6.30. The van der Waals surface area contributed by atoms with Crippen LogP contribution in [0.4, 0.5) is 0 Å². The molecule has 1 heterocycles. The molecule has 3 rings (SSSR count). The number of carbonyl (C=O) groups is 2. The first-order chi connectivity index (χ1) is 12.5. The van der Waals surface area contributed by atoms with Gasteiger partial charge in [0.05, 0.1) is 19.1 Å². The van der Waals surface area contributed by atoms with Gasteiger partial charge < -0.3 is 20.1 Å². The number of morpholine rings is 1. The van der Waals surface area contributed by atoms with Crippen LogP contribution >= 0.6 is 11.6 Å². The number of carbonyl (C=O) groups excluding carboxylic acids is 2. The maximum Gasteiger partial charge on any atom is 0.254 e. The third-order valence-electron chi connectivity index (χ3n) is 3.99. The van der Waals surface area contributed by atoms with E-state index in [9.17, 15) is 9.59 Å². The van der Waals surface area contributed by atoms with Gasteiger partial charge in [0, 0.05) is 23.7 Å². The van der Waals surface area contributed by atoms with E-state index >= 15 is 0 Å². The Morgan fingerprint density at radius 2 is 1.96 bits per heavy atom. The monoisotopic (exact) mass is 374 g/mol. The van der Waals surface area contributed by atoms with Gasteiger partial charge in [-0.3, -0.25) is 9.59 Å². The zero-order valence-electron chi connectivity index (χ0n) is 14.1. The molecule has 2 amide bonds. The molecule has 1 aliphatic heterocycles. The van der Waals surface area contributed by atoms with E-state index in [1.165, 1.54) is 0 Å². The maximum atomic E-state index is 12.8. The van der Waals surface area contributed by atoms with Crippen LogP contribution in [0, 0.1) is 0 Å². The lowest BCUT2D eigenvalue weighted by molar-refractivity contribution is -0.122. The maximum absolute atomic E-state index is 12.8. The van der Waals surface area contributed by atoms with E-state index in [2.05, 4.69) is 0 Å². The van der Waals surface area contributed by atoms with Crippen LogP contribution in [0.3, 0.4) is 0 Å². The average molecular weight is 375 g/mol. The van der Waals surface area contributed by atoms with Gasteiger partial charge in [0.15, 0.2) is 0 Å². The molecular weight excluding hydrogens is 356 g/mol. The smallest absolute Gasteiger partial charge is 0.254 e. The molecule has 1 unspecified atom stereocenters. The largest absolute Gasteiger partial charge is 0.457 e. The van der Waals surface area contributed by atoms with Gasteiger partial charge in [0.2, 0.25) is 5.91 Å². The zero-order valence-corrected chi connectivity index (χ0v) is 14.8. The molecule has 0 spiro atoms. The van der Waals surface area contributed by atoms with Crippen LogP contribution in [0.15, 0.2) is 48.5 Å². The minimum Gasteiger partial charge on any atom is -0.457 e. The van der Waals surface area contributed by atoms with Gasteiger partial charge in [-0.15, -0.1) is 0 Å². The molecule has 6 nitrogen and oxygen atoms in total. The van der Waals surface area contributed by atoms with Gasteiger partial charge in [-0.2, -0.15) is 0 Å². The van der Waals surface area contributed by atoms with E-state index in [-0.39, 0.29) is 18.4 Å². The first-order valence-corrected chi connectivity index (χ1v) is 8.62. The first kappa shape index (κ1) is 18.2. The van der Waals surface area contributed by atoms with Crippen molar-refractivity contribution in [3.63, 3.8) is 0 Å². The highest BCUT2D eigenvalue weighted by Crippen LogP contribution is 2.24. The lowest BCUT2D eigenvalue weighted by Gasteiger charge is -2.32. The predicted molar refractivity (Wildman–Crippen MR) is 97.4 cm³/mol.